The van der Waals surface area contributed by atoms with Crippen molar-refractivity contribution in [2.45, 2.75) is 12.5 Å². The molecule has 1 heterocycles. The molecule has 0 saturated heterocycles. The number of hydrogen-bond acceptors (Lipinski definition) is 2. The Bertz CT molecular complexity index is 920. The summed E-state index contributed by atoms with van der Waals surface area (Å²) in [5, 5.41) is 0.937. The molecule has 114 valence electrons. The number of carbonyl (C=O) groups is 1. The first-order chi connectivity index (χ1) is 11.3. The van der Waals surface area contributed by atoms with Crippen molar-refractivity contribution >= 4 is 22.8 Å². The molecule has 3 aromatic rings. The molecule has 0 amide bonds. The number of nitrogens with one attached hydrogen (secondary N) is 1. The number of ether oxygens (including phenoxy) is 1. The summed E-state index contributed by atoms with van der Waals surface area (Å²) in [6, 6.07) is 16.2. The molecule has 1 aromatic heterocycles. The number of para-hydroxylation sites is 1. The highest BCUT2D eigenvalue weighted by Gasteiger charge is 2.27. The second kappa shape index (κ2) is 5.52. The Kier molecular flexibility index (Phi) is 3.36. The highest BCUT2D eigenvalue weighted by molar-refractivity contribution is 6.00. The zero-order valence-electron chi connectivity index (χ0n) is 12.9. The van der Waals surface area contributed by atoms with Crippen LogP contribution in [0.4, 0.5) is 0 Å². The average molecular weight is 303 g/mol. The molecule has 23 heavy (non-hydrogen) atoms. The number of fused-ring (bicyclic) bond motifs is 2. The number of aldehydes is 1. The third kappa shape index (κ3) is 2.13. The number of H-pyrrole nitrogens is 1. The molecule has 4 rings (SSSR count). The summed E-state index contributed by atoms with van der Waals surface area (Å²) in [5.41, 5.74) is 6.09. The Morgan fingerprint density at radius 1 is 1.13 bits per heavy atom. The van der Waals surface area contributed by atoms with Crippen LogP contribution in [0.25, 0.3) is 16.5 Å². The topological polar surface area (TPSA) is 42.1 Å². The van der Waals surface area contributed by atoms with Gasteiger partial charge in [0.1, 0.15) is 6.10 Å². The fraction of sp³-hybridized carbons (Fsp3) is 0.150. The second-order valence-electron chi connectivity index (χ2n) is 5.75. The van der Waals surface area contributed by atoms with E-state index in [0.29, 0.717) is 5.56 Å². The lowest BCUT2D eigenvalue weighted by Gasteiger charge is -2.18. The molecule has 1 unspecified atom stereocenters. The van der Waals surface area contributed by atoms with Gasteiger partial charge in [-0.25, -0.2) is 0 Å². The van der Waals surface area contributed by atoms with Crippen LogP contribution in [0.5, 0.6) is 0 Å². The van der Waals surface area contributed by atoms with E-state index in [9.17, 15) is 4.79 Å². The normalized spacial score (nSPS) is 14.6. The van der Waals surface area contributed by atoms with Crippen molar-refractivity contribution in [2.75, 3.05) is 7.11 Å². The van der Waals surface area contributed by atoms with Crippen LogP contribution in [0.3, 0.4) is 0 Å². The van der Waals surface area contributed by atoms with E-state index in [2.05, 4.69) is 29.3 Å². The van der Waals surface area contributed by atoms with E-state index in [4.69, 9.17) is 4.74 Å². The maximum Gasteiger partial charge on any atom is 0.152 e. The van der Waals surface area contributed by atoms with E-state index < -0.39 is 0 Å². The van der Waals surface area contributed by atoms with E-state index in [1.165, 1.54) is 11.1 Å². The number of methoxy groups -OCH3 is 1. The van der Waals surface area contributed by atoms with Gasteiger partial charge in [0.2, 0.25) is 0 Å². The van der Waals surface area contributed by atoms with E-state index in [-0.39, 0.29) is 6.10 Å². The van der Waals surface area contributed by atoms with Crippen LogP contribution in [0.15, 0.2) is 54.6 Å². The van der Waals surface area contributed by atoms with Gasteiger partial charge in [-0.2, -0.15) is 0 Å². The third-order valence-electron chi connectivity index (χ3n) is 4.55. The van der Waals surface area contributed by atoms with Gasteiger partial charge in [0.15, 0.2) is 6.29 Å². The third-order valence-corrected chi connectivity index (χ3v) is 4.55. The number of aromatic nitrogens is 1. The quantitative estimate of drug-likeness (QED) is 0.730. The zero-order chi connectivity index (χ0) is 15.8. The lowest BCUT2D eigenvalue weighted by atomic mass is 9.97. The highest BCUT2D eigenvalue weighted by atomic mass is 16.5. The summed E-state index contributed by atoms with van der Waals surface area (Å²) in [7, 11) is 1.69. The van der Waals surface area contributed by atoms with Crippen molar-refractivity contribution in [1.29, 1.82) is 0 Å². The largest absolute Gasteiger partial charge is 0.370 e. The maximum atomic E-state index is 11.7. The Balaban J connectivity index is 1.87. The van der Waals surface area contributed by atoms with E-state index in [0.717, 1.165) is 34.9 Å². The predicted octanol–water partition coefficient (Wildman–Crippen LogP) is 4.31. The van der Waals surface area contributed by atoms with Gasteiger partial charge in [0.25, 0.3) is 0 Å². The fourth-order valence-corrected chi connectivity index (χ4v) is 3.48. The van der Waals surface area contributed by atoms with Crippen molar-refractivity contribution in [3.63, 3.8) is 0 Å². The second-order valence-corrected chi connectivity index (χ2v) is 5.75. The predicted molar refractivity (Wildman–Crippen MR) is 91.6 cm³/mol. The number of aromatic amines is 1. The first-order valence-corrected chi connectivity index (χ1v) is 7.70. The summed E-state index contributed by atoms with van der Waals surface area (Å²) in [6.45, 7) is 0. The Labute approximate surface area is 134 Å². The molecule has 0 aliphatic heterocycles. The van der Waals surface area contributed by atoms with Gasteiger partial charge in [-0.3, -0.25) is 4.79 Å². The highest BCUT2D eigenvalue weighted by Crippen LogP contribution is 2.40. The van der Waals surface area contributed by atoms with Crippen LogP contribution < -0.4 is 0 Å². The first kappa shape index (κ1) is 14.0. The van der Waals surface area contributed by atoms with Crippen molar-refractivity contribution in [3.05, 3.63) is 77.0 Å². The van der Waals surface area contributed by atoms with Gasteiger partial charge < -0.3 is 9.72 Å². The Morgan fingerprint density at radius 3 is 2.74 bits per heavy atom. The standard InChI is InChI=1S/C20H17NO2/c1-23-20(16-11-10-13-6-2-3-7-14(13)16)19-17(12-22)15-8-4-5-9-18(15)21-19/h2-9,11-12,20-21H,10H2,1H3. The van der Waals surface area contributed by atoms with Gasteiger partial charge in [0, 0.05) is 23.6 Å². The minimum absolute atomic E-state index is 0.272. The van der Waals surface area contributed by atoms with Gasteiger partial charge >= 0.3 is 0 Å². The molecule has 2 aromatic carbocycles. The number of hydrogen-bond donors (Lipinski definition) is 1. The molecular formula is C20H17NO2. The molecular weight excluding hydrogens is 286 g/mol. The first-order valence-electron chi connectivity index (χ1n) is 7.70. The van der Waals surface area contributed by atoms with Crippen LogP contribution in [-0.4, -0.2) is 18.4 Å². The lowest BCUT2D eigenvalue weighted by molar-refractivity contribution is 0.111. The average Bonchev–Trinajstić information content (AvgIpc) is 3.17. The number of allylic oxidation sites excluding steroid dienone is 1. The molecule has 0 bridgehead atoms. The van der Waals surface area contributed by atoms with E-state index >= 15 is 0 Å². The van der Waals surface area contributed by atoms with Crippen molar-refractivity contribution in [1.82, 2.24) is 4.98 Å². The van der Waals surface area contributed by atoms with E-state index in [1.807, 2.05) is 30.3 Å². The summed E-state index contributed by atoms with van der Waals surface area (Å²) in [4.78, 5) is 15.1. The molecule has 1 aliphatic rings. The smallest absolute Gasteiger partial charge is 0.152 e. The molecule has 1 N–H and O–H groups in total. The summed E-state index contributed by atoms with van der Waals surface area (Å²) in [6.07, 6.45) is 3.74. The molecule has 0 fully saturated rings. The Hall–Kier alpha value is -2.65. The molecule has 3 heteroatoms. The van der Waals surface area contributed by atoms with Gasteiger partial charge in [-0.1, -0.05) is 48.5 Å². The summed E-state index contributed by atoms with van der Waals surface area (Å²) in [5.74, 6) is 0. The fourth-order valence-electron chi connectivity index (χ4n) is 3.48. The van der Waals surface area contributed by atoms with Crippen LogP contribution >= 0.6 is 0 Å². The molecule has 1 atom stereocenters. The van der Waals surface area contributed by atoms with Gasteiger partial charge in [0.05, 0.1) is 5.69 Å². The van der Waals surface area contributed by atoms with Crippen molar-refractivity contribution in [3.8, 4) is 0 Å². The van der Waals surface area contributed by atoms with E-state index in [1.54, 1.807) is 7.11 Å². The number of carbonyl (C=O) groups excluding carboxylic acids is 1. The molecule has 3 nitrogen and oxygen atoms in total. The molecule has 0 saturated carbocycles. The summed E-state index contributed by atoms with van der Waals surface area (Å²) >= 11 is 0. The molecule has 1 aliphatic carbocycles. The lowest BCUT2D eigenvalue weighted by Crippen LogP contribution is -2.06. The summed E-state index contributed by atoms with van der Waals surface area (Å²) < 4.78 is 5.79. The van der Waals surface area contributed by atoms with Crippen LogP contribution in [0.1, 0.15) is 33.3 Å². The SMILES string of the molecule is COC(C1=CCc2ccccc21)c1[nH]c2ccccc2c1C=O. The van der Waals surface area contributed by atoms with Crippen LogP contribution in [-0.2, 0) is 11.2 Å². The van der Waals surface area contributed by atoms with Crippen LogP contribution in [0.2, 0.25) is 0 Å². The minimum atomic E-state index is -0.272. The molecule has 0 radical (unpaired) electrons. The Morgan fingerprint density at radius 2 is 1.91 bits per heavy atom. The molecule has 0 spiro atoms. The zero-order valence-corrected chi connectivity index (χ0v) is 12.9. The van der Waals surface area contributed by atoms with Gasteiger partial charge in [-0.05, 0) is 29.2 Å². The monoisotopic (exact) mass is 303 g/mol. The van der Waals surface area contributed by atoms with Crippen molar-refractivity contribution in [2.24, 2.45) is 0 Å². The number of benzene rings is 2. The minimum Gasteiger partial charge on any atom is -0.370 e. The van der Waals surface area contributed by atoms with Crippen molar-refractivity contribution < 1.29 is 9.53 Å². The van der Waals surface area contributed by atoms with Gasteiger partial charge in [-0.15, -0.1) is 0 Å². The number of rotatable bonds is 4. The van der Waals surface area contributed by atoms with Crippen LogP contribution in [0, 0.1) is 0 Å². The maximum absolute atomic E-state index is 11.7.